The van der Waals surface area contributed by atoms with Crippen molar-refractivity contribution >= 4 is 17.4 Å². The topological polar surface area (TPSA) is 74.2 Å². The lowest BCUT2D eigenvalue weighted by Crippen LogP contribution is -2.13. The van der Waals surface area contributed by atoms with Gasteiger partial charge in [0.1, 0.15) is 5.75 Å². The minimum absolute atomic E-state index is 0.111. The predicted molar refractivity (Wildman–Crippen MR) is 84.6 cm³/mol. The lowest BCUT2D eigenvalue weighted by molar-refractivity contribution is 0.339. The zero-order valence-electron chi connectivity index (χ0n) is 12.8. The van der Waals surface area contributed by atoms with Crippen molar-refractivity contribution in [1.29, 1.82) is 0 Å². The molecule has 2 aromatic rings. The van der Waals surface area contributed by atoms with Gasteiger partial charge in [-0.15, -0.1) is 11.8 Å². The smallest absolute Gasteiger partial charge is 0.237 e. The lowest BCUT2D eigenvalue weighted by Gasteiger charge is -2.10. The van der Waals surface area contributed by atoms with Crippen LogP contribution in [0, 0.1) is 0 Å². The summed E-state index contributed by atoms with van der Waals surface area (Å²) in [5.74, 6) is 2.72. The van der Waals surface area contributed by atoms with Crippen LogP contribution < -0.4 is 10.5 Å². The van der Waals surface area contributed by atoms with E-state index < -0.39 is 0 Å². The van der Waals surface area contributed by atoms with Gasteiger partial charge in [-0.3, -0.25) is 0 Å². The molecule has 0 aliphatic heterocycles. The monoisotopic (exact) mass is 307 g/mol. The summed E-state index contributed by atoms with van der Waals surface area (Å²) in [5, 5.41) is 4.01. The van der Waals surface area contributed by atoms with Gasteiger partial charge < -0.3 is 15.0 Å². The minimum Gasteiger partial charge on any atom is -0.494 e. The van der Waals surface area contributed by atoms with E-state index in [0.29, 0.717) is 24.1 Å². The van der Waals surface area contributed by atoms with Gasteiger partial charge in [0.2, 0.25) is 5.89 Å². The lowest BCUT2D eigenvalue weighted by atomic mass is 9.96. The first-order valence-corrected chi connectivity index (χ1v) is 7.87. The molecule has 0 amide bonds. The molecule has 5 nitrogen and oxygen atoms in total. The van der Waals surface area contributed by atoms with E-state index in [1.54, 1.807) is 11.8 Å². The molecule has 0 saturated carbocycles. The van der Waals surface area contributed by atoms with Crippen molar-refractivity contribution in [3.05, 3.63) is 29.9 Å². The maximum Gasteiger partial charge on any atom is 0.237 e. The fourth-order valence-corrected chi connectivity index (χ4v) is 2.48. The number of aromatic nitrogens is 2. The number of hydrogen-bond donors (Lipinski definition) is 1. The second-order valence-corrected chi connectivity index (χ2v) is 6.70. The quantitative estimate of drug-likeness (QED) is 0.671. The van der Waals surface area contributed by atoms with Crippen LogP contribution in [-0.2, 0) is 11.2 Å². The third kappa shape index (κ3) is 4.14. The highest BCUT2D eigenvalue weighted by molar-refractivity contribution is 7.98. The molecule has 2 rings (SSSR count). The van der Waals surface area contributed by atoms with E-state index in [9.17, 15) is 0 Å². The molecule has 0 bridgehead atoms. The normalized spacial score (nSPS) is 11.6. The SMILES string of the molecule is CCOc1ccc(N)c(SCc2nc(C(C)(C)C)no2)c1. The number of benzene rings is 1. The van der Waals surface area contributed by atoms with Crippen LogP contribution in [0.25, 0.3) is 0 Å². The summed E-state index contributed by atoms with van der Waals surface area (Å²) in [6.45, 7) is 8.75. The van der Waals surface area contributed by atoms with Crippen molar-refractivity contribution in [2.24, 2.45) is 0 Å². The molecule has 0 radical (unpaired) electrons. The molecule has 0 aliphatic carbocycles. The zero-order chi connectivity index (χ0) is 15.5. The molecule has 6 heteroatoms. The summed E-state index contributed by atoms with van der Waals surface area (Å²) in [5.41, 5.74) is 6.59. The van der Waals surface area contributed by atoms with Crippen LogP contribution in [-0.4, -0.2) is 16.7 Å². The Morgan fingerprint density at radius 3 is 2.71 bits per heavy atom. The number of rotatable bonds is 5. The summed E-state index contributed by atoms with van der Waals surface area (Å²) in [6.07, 6.45) is 0. The molecule has 2 N–H and O–H groups in total. The summed E-state index contributed by atoms with van der Waals surface area (Å²) in [4.78, 5) is 5.37. The Balaban J connectivity index is 2.06. The first-order chi connectivity index (χ1) is 9.90. The Labute approximate surface area is 129 Å². The minimum atomic E-state index is -0.111. The van der Waals surface area contributed by atoms with Gasteiger partial charge in [0.05, 0.1) is 12.4 Å². The van der Waals surface area contributed by atoms with Crippen molar-refractivity contribution in [2.45, 2.75) is 43.8 Å². The van der Waals surface area contributed by atoms with Gasteiger partial charge in [-0.05, 0) is 25.1 Å². The fourth-order valence-electron chi connectivity index (χ4n) is 1.65. The average molecular weight is 307 g/mol. The molecule has 114 valence electrons. The van der Waals surface area contributed by atoms with Crippen molar-refractivity contribution in [3.63, 3.8) is 0 Å². The third-order valence-electron chi connectivity index (χ3n) is 2.79. The van der Waals surface area contributed by atoms with Crippen molar-refractivity contribution in [1.82, 2.24) is 10.1 Å². The second kappa shape index (κ2) is 6.39. The third-order valence-corrected chi connectivity index (χ3v) is 3.84. The molecule has 0 fully saturated rings. The second-order valence-electron chi connectivity index (χ2n) is 5.68. The van der Waals surface area contributed by atoms with E-state index in [0.717, 1.165) is 16.3 Å². The maximum atomic E-state index is 5.98. The molecule has 21 heavy (non-hydrogen) atoms. The van der Waals surface area contributed by atoms with Crippen molar-refractivity contribution in [3.8, 4) is 5.75 Å². The van der Waals surface area contributed by atoms with E-state index >= 15 is 0 Å². The highest BCUT2D eigenvalue weighted by Gasteiger charge is 2.21. The number of nitrogen functional groups attached to an aromatic ring is 1. The Bertz CT molecular complexity index is 605. The van der Waals surface area contributed by atoms with Crippen LogP contribution in [0.15, 0.2) is 27.6 Å². The molecule has 1 heterocycles. The molecule has 0 saturated heterocycles. The molecule has 0 spiro atoms. The first-order valence-electron chi connectivity index (χ1n) is 6.88. The zero-order valence-corrected chi connectivity index (χ0v) is 13.7. The largest absolute Gasteiger partial charge is 0.494 e. The number of thioether (sulfide) groups is 1. The summed E-state index contributed by atoms with van der Waals surface area (Å²) >= 11 is 1.56. The van der Waals surface area contributed by atoms with E-state index in [1.165, 1.54) is 0 Å². The van der Waals surface area contributed by atoms with Crippen LogP contribution in [0.5, 0.6) is 5.75 Å². The van der Waals surface area contributed by atoms with Gasteiger partial charge in [0, 0.05) is 16.0 Å². The summed E-state index contributed by atoms with van der Waals surface area (Å²) < 4.78 is 10.8. The summed E-state index contributed by atoms with van der Waals surface area (Å²) in [6, 6.07) is 5.65. The first kappa shape index (κ1) is 15.7. The van der Waals surface area contributed by atoms with Crippen LogP contribution in [0.4, 0.5) is 5.69 Å². The number of hydrogen-bond acceptors (Lipinski definition) is 6. The van der Waals surface area contributed by atoms with Gasteiger partial charge in [-0.1, -0.05) is 25.9 Å². The van der Waals surface area contributed by atoms with E-state index in [-0.39, 0.29) is 5.41 Å². The van der Waals surface area contributed by atoms with Crippen LogP contribution in [0.3, 0.4) is 0 Å². The van der Waals surface area contributed by atoms with Gasteiger partial charge in [0.15, 0.2) is 5.82 Å². The molecular weight excluding hydrogens is 286 g/mol. The highest BCUT2D eigenvalue weighted by Crippen LogP contribution is 2.31. The number of anilines is 1. The Kier molecular flexibility index (Phi) is 4.77. The molecule has 0 atom stereocenters. The van der Waals surface area contributed by atoms with E-state index in [4.69, 9.17) is 15.0 Å². The molecular formula is C15H21N3O2S. The van der Waals surface area contributed by atoms with Gasteiger partial charge in [-0.25, -0.2) is 0 Å². The Morgan fingerprint density at radius 2 is 2.10 bits per heavy atom. The fraction of sp³-hybridized carbons (Fsp3) is 0.467. The number of nitrogens with two attached hydrogens (primary N) is 1. The molecule has 0 aliphatic rings. The maximum absolute atomic E-state index is 5.98. The van der Waals surface area contributed by atoms with Gasteiger partial charge in [-0.2, -0.15) is 4.98 Å². The van der Waals surface area contributed by atoms with Crippen molar-refractivity contribution in [2.75, 3.05) is 12.3 Å². The van der Waals surface area contributed by atoms with Crippen molar-refractivity contribution < 1.29 is 9.26 Å². The van der Waals surface area contributed by atoms with E-state index in [1.807, 2.05) is 25.1 Å². The number of ether oxygens (including phenoxy) is 1. The molecule has 1 aromatic heterocycles. The predicted octanol–water partition coefficient (Wildman–Crippen LogP) is 3.64. The van der Waals surface area contributed by atoms with Crippen LogP contribution >= 0.6 is 11.8 Å². The average Bonchev–Trinajstić information content (AvgIpc) is 2.88. The molecule has 1 aromatic carbocycles. The summed E-state index contributed by atoms with van der Waals surface area (Å²) in [7, 11) is 0. The van der Waals surface area contributed by atoms with Crippen LogP contribution in [0.1, 0.15) is 39.4 Å². The number of nitrogens with zero attached hydrogens (tertiary/aromatic N) is 2. The van der Waals surface area contributed by atoms with Gasteiger partial charge in [0.25, 0.3) is 0 Å². The van der Waals surface area contributed by atoms with E-state index in [2.05, 4.69) is 30.9 Å². The highest BCUT2D eigenvalue weighted by atomic mass is 32.2. The van der Waals surface area contributed by atoms with Gasteiger partial charge >= 0.3 is 0 Å². The Morgan fingerprint density at radius 1 is 1.33 bits per heavy atom. The standard InChI is InChI=1S/C15H21N3O2S/c1-5-19-10-6-7-11(16)12(8-10)21-9-13-17-14(18-20-13)15(2,3)4/h6-8H,5,9,16H2,1-4H3. The van der Waals surface area contributed by atoms with Crippen LogP contribution in [0.2, 0.25) is 0 Å². The Hall–Kier alpha value is -1.69. The molecule has 0 unspecified atom stereocenters.